The Hall–Kier alpha value is -2.58. The van der Waals surface area contributed by atoms with E-state index in [9.17, 15) is 1.37 Å². The first-order valence-electron chi connectivity index (χ1n) is 12.4. The number of hydrogen-bond acceptors (Lipinski definition) is 2. The summed E-state index contributed by atoms with van der Waals surface area (Å²) in [5.74, 6) is 0.535. The van der Waals surface area contributed by atoms with E-state index in [1.807, 2.05) is 0 Å². The van der Waals surface area contributed by atoms with Gasteiger partial charge in [-0.1, -0.05) is 85.6 Å². The molecule has 2 heteroatoms. The van der Waals surface area contributed by atoms with Crippen molar-refractivity contribution in [3.8, 4) is 0 Å². The van der Waals surface area contributed by atoms with Crippen molar-refractivity contribution < 1.29 is 1.37 Å². The number of rotatable bonds is 3. The van der Waals surface area contributed by atoms with Crippen molar-refractivity contribution in [2.24, 2.45) is 5.92 Å². The average Bonchev–Trinajstić information content (AvgIpc) is 3.51. The summed E-state index contributed by atoms with van der Waals surface area (Å²) in [6.45, 7) is 4.07. The lowest BCUT2D eigenvalue weighted by Crippen LogP contribution is -2.48. The second-order valence-electron chi connectivity index (χ2n) is 9.60. The van der Waals surface area contributed by atoms with Gasteiger partial charge in [-0.3, -0.25) is 4.90 Å². The summed E-state index contributed by atoms with van der Waals surface area (Å²) in [4.78, 5) is 4.95. The third-order valence-corrected chi connectivity index (χ3v) is 8.10. The van der Waals surface area contributed by atoms with E-state index in [4.69, 9.17) is 0 Å². The van der Waals surface area contributed by atoms with Gasteiger partial charge in [0.25, 0.3) is 0 Å². The normalized spacial score (nSPS) is 31.0. The molecule has 2 fully saturated rings. The molecular weight excluding hydrogens is 376 g/mol. The minimum absolute atomic E-state index is 0.217. The van der Waals surface area contributed by atoms with E-state index in [0.29, 0.717) is 5.92 Å². The van der Waals surface area contributed by atoms with Crippen molar-refractivity contribution in [2.45, 2.75) is 57.2 Å². The van der Waals surface area contributed by atoms with Crippen LogP contribution in [0.3, 0.4) is 0 Å². The Morgan fingerprint density at radius 3 is 2.32 bits per heavy atom. The highest BCUT2D eigenvalue weighted by molar-refractivity contribution is 5.59. The first-order valence-corrected chi connectivity index (χ1v) is 11.8. The monoisotopic (exact) mass is 409 g/mol. The van der Waals surface area contributed by atoms with E-state index in [-0.39, 0.29) is 17.6 Å². The second kappa shape index (κ2) is 7.24. The largest absolute Gasteiger partial charge is 0.354 e. The third-order valence-electron chi connectivity index (χ3n) is 8.10. The van der Waals surface area contributed by atoms with Gasteiger partial charge in [0.1, 0.15) is 0 Å². The lowest BCUT2D eigenvalue weighted by atomic mass is 9.72. The standard InChI is InChI=1S/C29H32N2/c1-21-12-6-11-19-27(21)30-20-31-28(22(30)2)25-17-9-10-18-26(25)29(31,24-15-7-8-16-24)23-13-4-3-5-14-23/h3-6,9-14,17-19,22,24,28H,7-8,15-16,20H2,1-2H3/t22-,28?,29?/m0/s1/i20D/t20?,22-,28?,29?. The maximum atomic E-state index is 9.68. The fraction of sp³-hybridized carbons (Fsp3) is 0.379. The van der Waals surface area contributed by atoms with Crippen molar-refractivity contribution in [3.05, 3.63) is 101 Å². The molecule has 4 atom stereocenters. The van der Waals surface area contributed by atoms with Gasteiger partial charge in [0.15, 0.2) is 0 Å². The number of hydrogen-bond donors (Lipinski definition) is 0. The van der Waals surface area contributed by atoms with Crippen LogP contribution in [0.25, 0.3) is 0 Å². The Morgan fingerprint density at radius 2 is 1.55 bits per heavy atom. The Bertz CT molecular complexity index is 1120. The summed E-state index contributed by atoms with van der Waals surface area (Å²) in [6, 6.07) is 29.2. The minimum atomic E-state index is -0.427. The van der Waals surface area contributed by atoms with E-state index in [1.54, 1.807) is 0 Å². The molecule has 1 aliphatic carbocycles. The van der Waals surface area contributed by atoms with Crippen LogP contribution in [0.2, 0.25) is 0 Å². The first kappa shape index (κ1) is 18.0. The molecule has 6 rings (SSSR count). The molecule has 3 aliphatic rings. The van der Waals surface area contributed by atoms with E-state index < -0.39 is 6.64 Å². The molecule has 3 aromatic carbocycles. The third kappa shape index (κ3) is 2.61. The molecule has 0 spiro atoms. The Balaban J connectivity index is 1.61. The number of benzene rings is 3. The number of aryl methyl sites for hydroxylation is 1. The maximum absolute atomic E-state index is 9.68. The molecule has 0 radical (unpaired) electrons. The Kier molecular flexibility index (Phi) is 4.21. The van der Waals surface area contributed by atoms with Crippen LogP contribution >= 0.6 is 0 Å². The molecule has 158 valence electrons. The van der Waals surface area contributed by atoms with Crippen LogP contribution in [0.5, 0.6) is 0 Å². The van der Waals surface area contributed by atoms with Gasteiger partial charge in [-0.2, -0.15) is 0 Å². The van der Waals surface area contributed by atoms with Gasteiger partial charge in [-0.15, -0.1) is 0 Å². The summed E-state index contributed by atoms with van der Waals surface area (Å²) >= 11 is 0. The van der Waals surface area contributed by atoms with Crippen molar-refractivity contribution in [2.75, 3.05) is 11.5 Å². The fourth-order valence-electron chi connectivity index (χ4n) is 6.80. The molecule has 31 heavy (non-hydrogen) atoms. The summed E-state index contributed by atoms with van der Waals surface area (Å²) < 4.78 is 9.68. The average molecular weight is 410 g/mol. The van der Waals surface area contributed by atoms with Crippen molar-refractivity contribution >= 4 is 5.69 Å². The summed E-state index contributed by atoms with van der Waals surface area (Å²) in [5, 5.41) is 0. The predicted molar refractivity (Wildman–Crippen MR) is 128 cm³/mol. The summed E-state index contributed by atoms with van der Waals surface area (Å²) in [6.07, 6.45) is 5.05. The van der Waals surface area contributed by atoms with E-state index in [1.165, 1.54) is 53.6 Å². The van der Waals surface area contributed by atoms with Crippen molar-refractivity contribution in [1.29, 1.82) is 0 Å². The van der Waals surface area contributed by atoms with Crippen LogP contribution in [0.1, 0.15) is 62.3 Å². The predicted octanol–water partition coefficient (Wildman–Crippen LogP) is 6.65. The maximum Gasteiger partial charge on any atom is 0.0767 e. The van der Waals surface area contributed by atoms with E-state index >= 15 is 0 Å². The van der Waals surface area contributed by atoms with Crippen molar-refractivity contribution in [3.63, 3.8) is 0 Å². The number of fused-ring (bicyclic) bond motifs is 3. The highest BCUT2D eigenvalue weighted by atomic mass is 15.5. The first-order chi connectivity index (χ1) is 15.7. The van der Waals surface area contributed by atoms with Crippen LogP contribution in [0, 0.1) is 12.8 Å². The molecule has 3 aromatic rings. The zero-order chi connectivity index (χ0) is 21.9. The molecule has 2 aliphatic heterocycles. The summed E-state index contributed by atoms with van der Waals surface area (Å²) in [5.41, 5.74) is 6.42. The highest BCUT2D eigenvalue weighted by Crippen LogP contribution is 2.60. The van der Waals surface area contributed by atoms with Crippen LogP contribution in [0.4, 0.5) is 5.69 Å². The van der Waals surface area contributed by atoms with E-state index in [0.717, 1.165) is 0 Å². The van der Waals surface area contributed by atoms with Gasteiger partial charge in [-0.05, 0) is 60.9 Å². The molecule has 0 amide bonds. The molecule has 2 nitrogen and oxygen atoms in total. The number of anilines is 1. The van der Waals surface area contributed by atoms with Crippen LogP contribution in [-0.4, -0.2) is 17.6 Å². The quantitative estimate of drug-likeness (QED) is 0.478. The molecule has 1 saturated heterocycles. The molecular formula is C29H32N2. The second-order valence-corrected chi connectivity index (χ2v) is 9.60. The highest BCUT2D eigenvalue weighted by Gasteiger charge is 2.60. The summed E-state index contributed by atoms with van der Waals surface area (Å²) in [7, 11) is 0. The number of nitrogens with zero attached hydrogens (tertiary/aromatic N) is 2. The van der Waals surface area contributed by atoms with Crippen LogP contribution in [-0.2, 0) is 5.54 Å². The van der Waals surface area contributed by atoms with Crippen molar-refractivity contribution in [1.82, 2.24) is 4.90 Å². The van der Waals surface area contributed by atoms with Gasteiger partial charge >= 0.3 is 0 Å². The molecule has 0 bridgehead atoms. The SMILES string of the molecule is [2H]C1N(c2ccccc2C)[C@@H](C)C2c3ccccc3C(c3ccccc3)(C3CCCC3)N21. The lowest BCUT2D eigenvalue weighted by molar-refractivity contribution is 0.0756. The van der Waals surface area contributed by atoms with Crippen LogP contribution in [0.15, 0.2) is 78.9 Å². The fourth-order valence-corrected chi connectivity index (χ4v) is 6.80. The smallest absolute Gasteiger partial charge is 0.0767 e. The Morgan fingerprint density at radius 1 is 0.871 bits per heavy atom. The zero-order valence-corrected chi connectivity index (χ0v) is 18.5. The molecule has 2 heterocycles. The van der Waals surface area contributed by atoms with E-state index in [2.05, 4.69) is 103 Å². The van der Waals surface area contributed by atoms with Gasteiger partial charge in [-0.25, -0.2) is 0 Å². The molecule has 0 aromatic heterocycles. The molecule has 1 saturated carbocycles. The Labute approximate surface area is 187 Å². The topological polar surface area (TPSA) is 6.48 Å². The lowest BCUT2D eigenvalue weighted by Gasteiger charge is -2.44. The zero-order valence-electron chi connectivity index (χ0n) is 19.5. The number of para-hydroxylation sites is 1. The van der Waals surface area contributed by atoms with Gasteiger partial charge < -0.3 is 4.90 Å². The van der Waals surface area contributed by atoms with Gasteiger partial charge in [0, 0.05) is 11.7 Å². The minimum Gasteiger partial charge on any atom is -0.354 e. The molecule has 0 N–H and O–H groups in total. The molecule has 3 unspecified atom stereocenters. The van der Waals surface area contributed by atoms with Gasteiger partial charge in [0.05, 0.1) is 19.6 Å². The van der Waals surface area contributed by atoms with Gasteiger partial charge in [0.2, 0.25) is 0 Å². The van der Waals surface area contributed by atoms with Crippen LogP contribution < -0.4 is 4.90 Å².